The highest BCUT2D eigenvalue weighted by atomic mass is 35.5. The molecule has 0 aliphatic rings. The summed E-state index contributed by atoms with van der Waals surface area (Å²) < 4.78 is 0. The van der Waals surface area contributed by atoms with E-state index in [0.717, 1.165) is 12.8 Å². The maximum atomic E-state index is 5.07. The number of guanidine groups is 1. The summed E-state index contributed by atoms with van der Waals surface area (Å²) >= 11 is 0. The Morgan fingerprint density at radius 3 is 2.46 bits per heavy atom. The Labute approximate surface area is 85.9 Å². The highest BCUT2D eigenvalue weighted by molar-refractivity contribution is 5.85. The molecular weight excluding hydrogens is 188 g/mol. The zero-order chi connectivity index (χ0) is 9.23. The van der Waals surface area contributed by atoms with E-state index in [4.69, 9.17) is 11.5 Å². The molecule has 4 N–H and O–H groups in total. The second-order valence-electron chi connectivity index (χ2n) is 2.67. The Kier molecular flexibility index (Phi) is 12.7. The topological polar surface area (TPSA) is 76.8 Å². The summed E-state index contributed by atoms with van der Waals surface area (Å²) in [4.78, 5) is 0. The monoisotopic (exact) mass is 206 g/mol. The van der Waals surface area contributed by atoms with Gasteiger partial charge in [0.15, 0.2) is 0 Å². The number of halogens is 1. The van der Waals surface area contributed by atoms with Gasteiger partial charge in [0.25, 0.3) is 0 Å². The van der Waals surface area contributed by atoms with E-state index in [1.807, 2.05) is 0 Å². The number of hydrogen-bond acceptors (Lipinski definition) is 2. The Bertz CT molecular complexity index is 152. The smallest absolute Gasteiger partial charge is 0.211 e. The molecule has 0 unspecified atom stereocenters. The highest BCUT2D eigenvalue weighted by Gasteiger charge is 1.84. The molecule has 13 heavy (non-hydrogen) atoms. The molecule has 0 aromatic rings. The molecule has 4 nitrogen and oxygen atoms in total. The average Bonchev–Trinajstić information content (AvgIpc) is 2.02. The van der Waals surface area contributed by atoms with E-state index in [2.05, 4.69) is 17.1 Å². The van der Waals surface area contributed by atoms with Crippen LogP contribution in [0, 0.1) is 0 Å². The molecule has 0 amide bonds. The molecule has 0 fully saturated rings. The largest absolute Gasteiger partial charge is 0.369 e. The lowest BCUT2D eigenvalue weighted by Crippen LogP contribution is -2.21. The van der Waals surface area contributed by atoms with Crippen LogP contribution >= 0.6 is 12.4 Å². The predicted molar refractivity (Wildman–Crippen MR) is 60.3 cm³/mol. The molecule has 0 saturated carbocycles. The number of hydrogen-bond donors (Lipinski definition) is 2. The zero-order valence-electron chi connectivity index (χ0n) is 8.07. The van der Waals surface area contributed by atoms with E-state index >= 15 is 0 Å². The lowest BCUT2D eigenvalue weighted by atomic mass is 10.2. The van der Waals surface area contributed by atoms with Crippen LogP contribution in [-0.4, -0.2) is 12.2 Å². The lowest BCUT2D eigenvalue weighted by Gasteiger charge is -1.92. The number of nitrogens with two attached hydrogens (primary N) is 2. The van der Waals surface area contributed by atoms with Crippen molar-refractivity contribution in [2.75, 3.05) is 0 Å². The minimum absolute atomic E-state index is 0. The molecule has 0 atom stereocenters. The van der Waals surface area contributed by atoms with Gasteiger partial charge in [-0.25, -0.2) is 0 Å². The van der Waals surface area contributed by atoms with Gasteiger partial charge in [0.1, 0.15) is 0 Å². The summed E-state index contributed by atoms with van der Waals surface area (Å²) in [6, 6.07) is 0. The number of unbranched alkanes of at least 4 members (excludes halogenated alkanes) is 4. The second-order valence-corrected chi connectivity index (χ2v) is 2.67. The van der Waals surface area contributed by atoms with Gasteiger partial charge in [0.05, 0.1) is 0 Å². The summed E-state index contributed by atoms with van der Waals surface area (Å²) in [5.74, 6) is 0.0137. The standard InChI is InChI=1S/C8H18N4.ClH/c1-2-3-4-5-6-7-11-12-8(9)10;/h7H,2-6H2,1H3,(H4,9,10,12);1H/b11-7-;. The fourth-order valence-electron chi connectivity index (χ4n) is 0.828. The van der Waals surface area contributed by atoms with Crippen LogP contribution in [0.5, 0.6) is 0 Å². The Morgan fingerprint density at radius 1 is 1.23 bits per heavy atom. The van der Waals surface area contributed by atoms with Crippen LogP contribution < -0.4 is 11.5 Å². The van der Waals surface area contributed by atoms with E-state index in [0.29, 0.717) is 0 Å². The molecule has 5 heteroatoms. The summed E-state index contributed by atoms with van der Waals surface area (Å²) in [5, 5.41) is 7.17. The van der Waals surface area contributed by atoms with Crippen molar-refractivity contribution in [2.24, 2.45) is 21.7 Å². The molecule has 0 aromatic carbocycles. The molecule has 0 rings (SSSR count). The molecule has 0 saturated heterocycles. The van der Waals surface area contributed by atoms with Crippen molar-refractivity contribution in [2.45, 2.75) is 39.0 Å². The van der Waals surface area contributed by atoms with Crippen LogP contribution in [0.15, 0.2) is 10.2 Å². The first-order valence-corrected chi connectivity index (χ1v) is 4.37. The third-order valence-corrected chi connectivity index (χ3v) is 1.44. The van der Waals surface area contributed by atoms with E-state index < -0.39 is 0 Å². The SMILES string of the molecule is CCCCCC/C=N\N=C(N)N.Cl. The van der Waals surface area contributed by atoms with Crippen molar-refractivity contribution in [1.82, 2.24) is 0 Å². The highest BCUT2D eigenvalue weighted by Crippen LogP contribution is 2.00. The summed E-state index contributed by atoms with van der Waals surface area (Å²) in [6.45, 7) is 2.19. The van der Waals surface area contributed by atoms with Crippen molar-refractivity contribution in [3.63, 3.8) is 0 Å². The number of rotatable bonds is 6. The summed E-state index contributed by atoms with van der Waals surface area (Å²) in [6.07, 6.45) is 7.66. The normalized spacial score (nSPS) is 9.62. The van der Waals surface area contributed by atoms with Crippen molar-refractivity contribution in [3.8, 4) is 0 Å². The van der Waals surface area contributed by atoms with Crippen LogP contribution in [0.1, 0.15) is 39.0 Å². The Balaban J connectivity index is 0. The number of nitrogens with zero attached hydrogens (tertiary/aromatic N) is 2. The molecule has 0 aliphatic heterocycles. The van der Waals surface area contributed by atoms with Crippen LogP contribution in [0.3, 0.4) is 0 Å². The van der Waals surface area contributed by atoms with Gasteiger partial charge in [-0.1, -0.05) is 26.2 Å². The second kappa shape index (κ2) is 11.2. The molecule has 0 heterocycles. The molecule has 0 radical (unpaired) electrons. The van der Waals surface area contributed by atoms with Crippen molar-refractivity contribution >= 4 is 24.6 Å². The molecule has 0 spiro atoms. The van der Waals surface area contributed by atoms with Gasteiger partial charge in [0, 0.05) is 6.21 Å². The van der Waals surface area contributed by atoms with Gasteiger partial charge in [-0.3, -0.25) is 0 Å². The lowest BCUT2D eigenvalue weighted by molar-refractivity contribution is 0.685. The third-order valence-electron chi connectivity index (χ3n) is 1.44. The molecule has 78 valence electrons. The molecular formula is C8H19ClN4. The van der Waals surface area contributed by atoms with Crippen LogP contribution in [0.25, 0.3) is 0 Å². The minimum Gasteiger partial charge on any atom is -0.369 e. The van der Waals surface area contributed by atoms with Gasteiger partial charge in [-0.15, -0.1) is 17.5 Å². The van der Waals surface area contributed by atoms with Crippen LogP contribution in [0.4, 0.5) is 0 Å². The van der Waals surface area contributed by atoms with E-state index in [1.54, 1.807) is 6.21 Å². The van der Waals surface area contributed by atoms with Gasteiger partial charge in [0.2, 0.25) is 5.96 Å². The van der Waals surface area contributed by atoms with E-state index in [-0.39, 0.29) is 18.4 Å². The molecule has 0 bridgehead atoms. The van der Waals surface area contributed by atoms with Gasteiger partial charge in [-0.2, -0.15) is 5.10 Å². The maximum Gasteiger partial charge on any atom is 0.211 e. The first-order chi connectivity index (χ1) is 5.77. The zero-order valence-corrected chi connectivity index (χ0v) is 8.89. The Morgan fingerprint density at radius 2 is 1.92 bits per heavy atom. The fourth-order valence-corrected chi connectivity index (χ4v) is 0.828. The van der Waals surface area contributed by atoms with E-state index in [1.165, 1.54) is 19.3 Å². The van der Waals surface area contributed by atoms with Crippen molar-refractivity contribution < 1.29 is 0 Å². The molecule has 0 aliphatic carbocycles. The van der Waals surface area contributed by atoms with Gasteiger partial charge in [-0.05, 0) is 12.8 Å². The molecule has 0 aromatic heterocycles. The summed E-state index contributed by atoms with van der Waals surface area (Å²) in [7, 11) is 0. The van der Waals surface area contributed by atoms with Crippen molar-refractivity contribution in [3.05, 3.63) is 0 Å². The van der Waals surface area contributed by atoms with Gasteiger partial charge >= 0.3 is 0 Å². The van der Waals surface area contributed by atoms with Crippen LogP contribution in [0.2, 0.25) is 0 Å². The van der Waals surface area contributed by atoms with E-state index in [9.17, 15) is 0 Å². The van der Waals surface area contributed by atoms with Crippen LogP contribution in [-0.2, 0) is 0 Å². The minimum atomic E-state index is 0. The predicted octanol–water partition coefficient (Wildman–Crippen LogP) is 1.64. The van der Waals surface area contributed by atoms with Gasteiger partial charge < -0.3 is 11.5 Å². The third kappa shape index (κ3) is 14.1. The Hall–Kier alpha value is -0.770. The maximum absolute atomic E-state index is 5.07. The summed E-state index contributed by atoms with van der Waals surface area (Å²) in [5.41, 5.74) is 10.1. The van der Waals surface area contributed by atoms with Crippen molar-refractivity contribution in [1.29, 1.82) is 0 Å². The first-order valence-electron chi connectivity index (χ1n) is 4.37. The quantitative estimate of drug-likeness (QED) is 0.300. The first kappa shape index (κ1) is 14.7. The fraction of sp³-hybridized carbons (Fsp3) is 0.750. The average molecular weight is 207 g/mol.